The van der Waals surface area contributed by atoms with Crippen molar-refractivity contribution < 1.29 is 9.13 Å². The molecule has 0 radical (unpaired) electrons. The second-order valence-corrected chi connectivity index (χ2v) is 6.12. The Bertz CT molecular complexity index is 643. The van der Waals surface area contributed by atoms with E-state index in [9.17, 15) is 4.39 Å². The molecule has 2 aromatic carbocycles. The van der Waals surface area contributed by atoms with Gasteiger partial charge in [-0.25, -0.2) is 4.39 Å². The molecule has 2 aromatic rings. The molecule has 1 saturated heterocycles. The van der Waals surface area contributed by atoms with E-state index in [0.29, 0.717) is 0 Å². The van der Waals surface area contributed by atoms with Crippen molar-refractivity contribution in [3.05, 3.63) is 72.1 Å². The summed E-state index contributed by atoms with van der Waals surface area (Å²) in [5.41, 5.74) is 3.46. The van der Waals surface area contributed by atoms with Gasteiger partial charge in [0.05, 0.1) is 13.2 Å². The van der Waals surface area contributed by atoms with E-state index in [4.69, 9.17) is 4.74 Å². The van der Waals surface area contributed by atoms with Crippen LogP contribution in [0.15, 0.2) is 60.7 Å². The van der Waals surface area contributed by atoms with Crippen molar-refractivity contribution in [3.63, 3.8) is 0 Å². The van der Waals surface area contributed by atoms with Crippen molar-refractivity contribution in [3.8, 4) is 11.1 Å². The largest absolute Gasteiger partial charge is 0.379 e. The van der Waals surface area contributed by atoms with Gasteiger partial charge >= 0.3 is 0 Å². The zero-order valence-corrected chi connectivity index (χ0v) is 14.0. The fourth-order valence-electron chi connectivity index (χ4n) is 2.89. The number of morpholine rings is 1. The first-order valence-corrected chi connectivity index (χ1v) is 8.61. The molecule has 1 aliphatic heterocycles. The minimum absolute atomic E-state index is 0.197. The summed E-state index contributed by atoms with van der Waals surface area (Å²) in [6.45, 7) is 4.95. The van der Waals surface area contributed by atoms with Crippen LogP contribution in [0.2, 0.25) is 0 Å². The molecule has 0 amide bonds. The predicted octanol–water partition coefficient (Wildman–Crippen LogP) is 4.31. The van der Waals surface area contributed by atoms with Crippen LogP contribution >= 0.6 is 0 Å². The third-order valence-corrected chi connectivity index (χ3v) is 4.37. The first kappa shape index (κ1) is 16.9. The van der Waals surface area contributed by atoms with Crippen LogP contribution in [-0.4, -0.2) is 37.7 Å². The molecule has 24 heavy (non-hydrogen) atoms. The number of hydrogen-bond acceptors (Lipinski definition) is 2. The fourth-order valence-corrected chi connectivity index (χ4v) is 2.89. The monoisotopic (exact) mass is 325 g/mol. The smallest absolute Gasteiger partial charge is 0.123 e. The summed E-state index contributed by atoms with van der Waals surface area (Å²) in [4.78, 5) is 2.45. The molecule has 1 fully saturated rings. The minimum atomic E-state index is -0.197. The van der Waals surface area contributed by atoms with Crippen LogP contribution in [0.5, 0.6) is 0 Å². The van der Waals surface area contributed by atoms with Crippen LogP contribution in [0, 0.1) is 5.82 Å². The molecule has 0 atom stereocenters. The van der Waals surface area contributed by atoms with Crippen LogP contribution < -0.4 is 0 Å². The summed E-state index contributed by atoms with van der Waals surface area (Å²) in [5, 5.41) is 0. The van der Waals surface area contributed by atoms with Gasteiger partial charge < -0.3 is 4.74 Å². The Morgan fingerprint density at radius 1 is 0.875 bits per heavy atom. The van der Waals surface area contributed by atoms with E-state index in [1.165, 1.54) is 17.7 Å². The molecule has 0 unspecified atom stereocenters. The Morgan fingerprint density at radius 2 is 1.50 bits per heavy atom. The summed E-state index contributed by atoms with van der Waals surface area (Å²) in [7, 11) is 0. The zero-order chi connectivity index (χ0) is 16.6. The lowest BCUT2D eigenvalue weighted by atomic mass is 10.0. The maximum Gasteiger partial charge on any atom is 0.123 e. The van der Waals surface area contributed by atoms with Crippen molar-refractivity contribution in [2.75, 3.05) is 32.8 Å². The third-order valence-electron chi connectivity index (χ3n) is 4.37. The lowest BCUT2D eigenvalue weighted by Crippen LogP contribution is -2.36. The van der Waals surface area contributed by atoms with Crippen LogP contribution in [0.1, 0.15) is 12.0 Å². The van der Waals surface area contributed by atoms with Gasteiger partial charge in [-0.3, -0.25) is 4.90 Å². The van der Waals surface area contributed by atoms with Gasteiger partial charge in [-0.1, -0.05) is 48.6 Å². The van der Waals surface area contributed by atoms with E-state index in [1.54, 1.807) is 0 Å². The summed E-state index contributed by atoms with van der Waals surface area (Å²) in [6, 6.07) is 15.1. The Hall–Kier alpha value is -1.97. The Labute approximate surface area is 143 Å². The Morgan fingerprint density at radius 3 is 2.17 bits per heavy atom. The summed E-state index contributed by atoms with van der Waals surface area (Å²) < 4.78 is 18.3. The van der Waals surface area contributed by atoms with Gasteiger partial charge in [0.1, 0.15) is 5.82 Å². The lowest BCUT2D eigenvalue weighted by molar-refractivity contribution is 0.0387. The topological polar surface area (TPSA) is 12.5 Å². The SMILES string of the molecule is Fc1ccc(-c2ccc(CC=CCCN3CCOCC3)cc2)cc1. The van der Waals surface area contributed by atoms with Crippen molar-refractivity contribution in [1.29, 1.82) is 0 Å². The molecule has 126 valence electrons. The predicted molar refractivity (Wildman–Crippen MR) is 96.6 cm³/mol. The van der Waals surface area contributed by atoms with Crippen molar-refractivity contribution in [2.24, 2.45) is 0 Å². The molecule has 0 aromatic heterocycles. The number of ether oxygens (including phenoxy) is 1. The highest BCUT2D eigenvalue weighted by Gasteiger charge is 2.08. The Balaban J connectivity index is 1.45. The average molecular weight is 325 g/mol. The molecule has 3 rings (SSSR count). The standard InChI is InChI=1S/C21H24FNO/c22-21-11-9-20(10-12-21)19-7-5-18(6-8-19)4-2-1-3-13-23-14-16-24-17-15-23/h1-2,5-12H,3-4,13-17H2. The van der Waals surface area contributed by atoms with Crippen LogP contribution in [0.3, 0.4) is 0 Å². The fraction of sp³-hybridized carbons (Fsp3) is 0.333. The highest BCUT2D eigenvalue weighted by molar-refractivity contribution is 5.63. The number of hydrogen-bond donors (Lipinski definition) is 0. The number of benzene rings is 2. The van der Waals surface area contributed by atoms with Crippen LogP contribution in [0.4, 0.5) is 4.39 Å². The third kappa shape index (κ3) is 5.02. The molecule has 1 heterocycles. The molecule has 2 nitrogen and oxygen atoms in total. The molecule has 0 aliphatic carbocycles. The van der Waals surface area contributed by atoms with Gasteiger partial charge in [0, 0.05) is 19.6 Å². The van der Waals surface area contributed by atoms with E-state index in [2.05, 4.69) is 41.3 Å². The minimum Gasteiger partial charge on any atom is -0.379 e. The van der Waals surface area contributed by atoms with Gasteiger partial charge in [0.25, 0.3) is 0 Å². The molecule has 3 heteroatoms. The summed E-state index contributed by atoms with van der Waals surface area (Å²) in [6.07, 6.45) is 6.55. The van der Waals surface area contributed by atoms with Gasteiger partial charge in [0.15, 0.2) is 0 Å². The van der Waals surface area contributed by atoms with Crippen molar-refractivity contribution in [1.82, 2.24) is 4.90 Å². The highest BCUT2D eigenvalue weighted by Crippen LogP contribution is 2.20. The van der Waals surface area contributed by atoms with Gasteiger partial charge in [0.2, 0.25) is 0 Å². The number of allylic oxidation sites excluding steroid dienone is 1. The Kier molecular flexibility index (Phi) is 6.16. The average Bonchev–Trinajstić information content (AvgIpc) is 2.64. The van der Waals surface area contributed by atoms with Gasteiger partial charge in [-0.05, 0) is 41.7 Å². The lowest BCUT2D eigenvalue weighted by Gasteiger charge is -2.25. The molecule has 0 spiro atoms. The molecule has 0 bridgehead atoms. The second kappa shape index (κ2) is 8.76. The first-order chi connectivity index (χ1) is 11.8. The first-order valence-electron chi connectivity index (χ1n) is 8.61. The molecular weight excluding hydrogens is 301 g/mol. The van der Waals surface area contributed by atoms with Crippen LogP contribution in [0.25, 0.3) is 11.1 Å². The summed E-state index contributed by atoms with van der Waals surface area (Å²) in [5.74, 6) is -0.197. The maximum absolute atomic E-state index is 13.0. The van der Waals surface area contributed by atoms with E-state index in [0.717, 1.165) is 56.8 Å². The number of halogens is 1. The van der Waals surface area contributed by atoms with Crippen LogP contribution in [-0.2, 0) is 11.2 Å². The number of nitrogens with zero attached hydrogens (tertiary/aromatic N) is 1. The molecule has 0 N–H and O–H groups in total. The van der Waals surface area contributed by atoms with Crippen molar-refractivity contribution >= 4 is 0 Å². The van der Waals surface area contributed by atoms with E-state index >= 15 is 0 Å². The second-order valence-electron chi connectivity index (χ2n) is 6.12. The van der Waals surface area contributed by atoms with Gasteiger partial charge in [-0.2, -0.15) is 0 Å². The normalized spacial score (nSPS) is 15.9. The zero-order valence-electron chi connectivity index (χ0n) is 14.0. The highest BCUT2D eigenvalue weighted by atomic mass is 19.1. The quantitative estimate of drug-likeness (QED) is 0.734. The number of rotatable bonds is 6. The molecule has 1 aliphatic rings. The van der Waals surface area contributed by atoms with E-state index in [-0.39, 0.29) is 5.82 Å². The molecular formula is C21H24FNO. The summed E-state index contributed by atoms with van der Waals surface area (Å²) >= 11 is 0. The molecule has 0 saturated carbocycles. The van der Waals surface area contributed by atoms with E-state index < -0.39 is 0 Å². The van der Waals surface area contributed by atoms with Gasteiger partial charge in [-0.15, -0.1) is 0 Å². The maximum atomic E-state index is 13.0. The van der Waals surface area contributed by atoms with E-state index in [1.807, 2.05) is 12.1 Å². The van der Waals surface area contributed by atoms with Crippen molar-refractivity contribution in [2.45, 2.75) is 12.8 Å².